The summed E-state index contributed by atoms with van der Waals surface area (Å²) in [6.45, 7) is 2.05. The van der Waals surface area contributed by atoms with Crippen molar-refractivity contribution in [2.75, 3.05) is 4.90 Å². The van der Waals surface area contributed by atoms with Crippen LogP contribution in [-0.2, 0) is 16.1 Å². The van der Waals surface area contributed by atoms with Gasteiger partial charge in [-0.3, -0.25) is 14.5 Å². The summed E-state index contributed by atoms with van der Waals surface area (Å²) in [5, 5.41) is 12.8. The van der Waals surface area contributed by atoms with E-state index >= 15 is 0 Å². The standard InChI is InChI=1S/C20H16ClN3O2S/c1-13-19(26)24(16-9-7-15(21)8-10-16)20(27-13)17(11-22)18(25)23-12-14-5-3-2-4-6-14/h2-10,13H,12H2,1H3,(H,23,25)/b20-17+/t13-/m0/s1. The zero-order chi connectivity index (χ0) is 19.4. The van der Waals surface area contributed by atoms with E-state index in [-0.39, 0.29) is 16.7 Å². The first-order valence-electron chi connectivity index (χ1n) is 8.24. The Hall–Kier alpha value is -2.75. The number of hydrogen-bond acceptors (Lipinski definition) is 4. The van der Waals surface area contributed by atoms with Gasteiger partial charge in [0.1, 0.15) is 16.7 Å². The van der Waals surface area contributed by atoms with E-state index in [1.807, 2.05) is 36.4 Å². The minimum Gasteiger partial charge on any atom is -0.347 e. The van der Waals surface area contributed by atoms with Crippen LogP contribution in [0.25, 0.3) is 0 Å². The fraction of sp³-hybridized carbons (Fsp3) is 0.150. The van der Waals surface area contributed by atoms with Crippen LogP contribution in [0.5, 0.6) is 0 Å². The predicted molar refractivity (Wildman–Crippen MR) is 107 cm³/mol. The molecule has 0 aliphatic carbocycles. The number of nitriles is 1. The SMILES string of the molecule is C[C@@H]1S/C(=C(\C#N)C(=O)NCc2ccccc2)N(c2ccc(Cl)cc2)C1=O. The second kappa shape index (κ2) is 8.30. The highest BCUT2D eigenvalue weighted by molar-refractivity contribution is 8.05. The summed E-state index contributed by atoms with van der Waals surface area (Å²) in [6.07, 6.45) is 0. The first-order chi connectivity index (χ1) is 13.0. The van der Waals surface area contributed by atoms with Crippen molar-refractivity contribution >= 4 is 40.9 Å². The molecule has 1 N–H and O–H groups in total. The molecule has 0 radical (unpaired) electrons. The lowest BCUT2D eigenvalue weighted by molar-refractivity contribution is -0.117. The van der Waals surface area contributed by atoms with Crippen LogP contribution < -0.4 is 10.2 Å². The van der Waals surface area contributed by atoms with Gasteiger partial charge in [0.05, 0.1) is 5.25 Å². The van der Waals surface area contributed by atoms with E-state index < -0.39 is 5.91 Å². The summed E-state index contributed by atoms with van der Waals surface area (Å²) in [5.74, 6) is -0.689. The van der Waals surface area contributed by atoms with Gasteiger partial charge in [-0.2, -0.15) is 5.26 Å². The van der Waals surface area contributed by atoms with Crippen molar-refractivity contribution in [1.82, 2.24) is 5.32 Å². The van der Waals surface area contributed by atoms with Crippen LogP contribution in [0, 0.1) is 11.3 Å². The van der Waals surface area contributed by atoms with Gasteiger partial charge in [0.2, 0.25) is 5.91 Å². The van der Waals surface area contributed by atoms with Gasteiger partial charge in [0.15, 0.2) is 0 Å². The van der Waals surface area contributed by atoms with Gasteiger partial charge in [-0.25, -0.2) is 0 Å². The first-order valence-corrected chi connectivity index (χ1v) is 9.49. The smallest absolute Gasteiger partial charge is 0.264 e. The molecular formula is C20H16ClN3O2S. The zero-order valence-corrected chi connectivity index (χ0v) is 16.1. The van der Waals surface area contributed by atoms with Crippen LogP contribution in [0.15, 0.2) is 65.2 Å². The van der Waals surface area contributed by atoms with Crippen molar-refractivity contribution in [3.63, 3.8) is 0 Å². The summed E-state index contributed by atoms with van der Waals surface area (Å²) >= 11 is 7.13. The number of carbonyl (C=O) groups is 2. The molecule has 1 saturated heterocycles. The van der Waals surface area contributed by atoms with Crippen LogP contribution in [-0.4, -0.2) is 17.1 Å². The molecule has 1 aliphatic rings. The Morgan fingerprint density at radius 3 is 2.52 bits per heavy atom. The average molecular weight is 398 g/mol. The number of rotatable bonds is 4. The maximum atomic E-state index is 12.6. The minimum absolute atomic E-state index is 0.0800. The van der Waals surface area contributed by atoms with Crippen LogP contribution in [0.1, 0.15) is 12.5 Å². The molecule has 0 saturated carbocycles. The fourth-order valence-electron chi connectivity index (χ4n) is 2.62. The van der Waals surface area contributed by atoms with Gasteiger partial charge in [-0.05, 0) is 36.8 Å². The largest absolute Gasteiger partial charge is 0.347 e. The Morgan fingerprint density at radius 2 is 1.89 bits per heavy atom. The monoisotopic (exact) mass is 397 g/mol. The highest BCUT2D eigenvalue weighted by atomic mass is 35.5. The first kappa shape index (κ1) is 19.0. The summed E-state index contributed by atoms with van der Waals surface area (Å²) in [4.78, 5) is 26.6. The molecule has 1 heterocycles. The molecule has 2 aromatic carbocycles. The van der Waals surface area contributed by atoms with E-state index in [4.69, 9.17) is 11.6 Å². The molecule has 0 spiro atoms. The number of anilines is 1. The van der Waals surface area contributed by atoms with Crippen molar-refractivity contribution in [2.24, 2.45) is 0 Å². The number of nitrogens with zero attached hydrogens (tertiary/aromatic N) is 2. The van der Waals surface area contributed by atoms with Crippen molar-refractivity contribution in [3.05, 3.63) is 75.8 Å². The molecule has 5 nitrogen and oxygen atoms in total. The third kappa shape index (κ3) is 4.16. The molecule has 27 heavy (non-hydrogen) atoms. The quantitative estimate of drug-likeness (QED) is 0.628. The number of carbonyl (C=O) groups excluding carboxylic acids is 2. The van der Waals surface area contributed by atoms with Crippen molar-refractivity contribution < 1.29 is 9.59 Å². The maximum absolute atomic E-state index is 12.6. The molecule has 0 aromatic heterocycles. The summed E-state index contributed by atoms with van der Waals surface area (Å²) < 4.78 is 0. The lowest BCUT2D eigenvalue weighted by Gasteiger charge is -2.18. The number of amides is 2. The van der Waals surface area contributed by atoms with Crippen molar-refractivity contribution in [1.29, 1.82) is 5.26 Å². The topological polar surface area (TPSA) is 73.2 Å². The molecule has 1 atom stereocenters. The molecule has 136 valence electrons. The Balaban J connectivity index is 1.91. The van der Waals surface area contributed by atoms with E-state index in [9.17, 15) is 14.9 Å². The molecule has 0 bridgehead atoms. The van der Waals surface area contributed by atoms with Gasteiger partial charge in [-0.15, -0.1) is 0 Å². The summed E-state index contributed by atoms with van der Waals surface area (Å²) in [6, 6.07) is 18.1. The number of halogens is 1. The average Bonchev–Trinajstić information content (AvgIpc) is 2.97. The normalized spacial score (nSPS) is 18.2. The number of hydrogen-bond donors (Lipinski definition) is 1. The molecule has 2 aromatic rings. The molecular weight excluding hydrogens is 382 g/mol. The Labute approximate surface area is 166 Å². The van der Waals surface area contributed by atoms with Gasteiger partial charge in [-0.1, -0.05) is 53.7 Å². The predicted octanol–water partition coefficient (Wildman–Crippen LogP) is 3.86. The number of thioether (sulfide) groups is 1. The van der Waals surface area contributed by atoms with E-state index in [0.717, 1.165) is 5.56 Å². The Kier molecular flexibility index (Phi) is 5.84. The zero-order valence-electron chi connectivity index (χ0n) is 14.5. The third-order valence-corrected chi connectivity index (χ3v) is 5.41. The van der Waals surface area contributed by atoms with Gasteiger partial charge < -0.3 is 5.32 Å². The summed E-state index contributed by atoms with van der Waals surface area (Å²) in [5.41, 5.74) is 1.41. The van der Waals surface area contributed by atoms with Crippen molar-refractivity contribution in [2.45, 2.75) is 18.7 Å². The van der Waals surface area contributed by atoms with Crippen LogP contribution in [0.4, 0.5) is 5.69 Å². The van der Waals surface area contributed by atoms with E-state index in [0.29, 0.717) is 22.3 Å². The maximum Gasteiger partial charge on any atom is 0.264 e. The highest BCUT2D eigenvalue weighted by Gasteiger charge is 2.38. The van der Waals surface area contributed by atoms with Crippen LogP contribution in [0.3, 0.4) is 0 Å². The lowest BCUT2D eigenvalue weighted by Crippen LogP contribution is -2.30. The highest BCUT2D eigenvalue weighted by Crippen LogP contribution is 2.40. The minimum atomic E-state index is -0.510. The lowest BCUT2D eigenvalue weighted by atomic mass is 10.2. The number of nitrogens with one attached hydrogen (secondary N) is 1. The number of benzene rings is 2. The molecule has 1 fully saturated rings. The molecule has 7 heteroatoms. The van der Waals surface area contributed by atoms with E-state index in [1.165, 1.54) is 16.7 Å². The molecule has 2 amide bonds. The van der Waals surface area contributed by atoms with Crippen LogP contribution in [0.2, 0.25) is 5.02 Å². The molecule has 1 aliphatic heterocycles. The Morgan fingerprint density at radius 1 is 1.22 bits per heavy atom. The van der Waals surface area contributed by atoms with Gasteiger partial charge in [0, 0.05) is 17.3 Å². The fourth-order valence-corrected chi connectivity index (χ4v) is 3.84. The molecule has 3 rings (SSSR count). The Bertz CT molecular complexity index is 936. The van der Waals surface area contributed by atoms with E-state index in [2.05, 4.69) is 5.32 Å². The van der Waals surface area contributed by atoms with Gasteiger partial charge in [0.25, 0.3) is 5.91 Å². The van der Waals surface area contributed by atoms with Crippen molar-refractivity contribution in [3.8, 4) is 6.07 Å². The van der Waals surface area contributed by atoms with Gasteiger partial charge >= 0.3 is 0 Å². The summed E-state index contributed by atoms with van der Waals surface area (Å²) in [7, 11) is 0. The molecule has 0 unspecified atom stereocenters. The van der Waals surface area contributed by atoms with Crippen LogP contribution >= 0.6 is 23.4 Å². The second-order valence-electron chi connectivity index (χ2n) is 5.87. The van der Waals surface area contributed by atoms with E-state index in [1.54, 1.807) is 31.2 Å². The third-order valence-electron chi connectivity index (χ3n) is 3.99. The second-order valence-corrected chi connectivity index (χ2v) is 7.64.